The van der Waals surface area contributed by atoms with Gasteiger partial charge in [-0.15, -0.1) is 11.3 Å². The number of aromatic nitrogens is 1. The van der Waals surface area contributed by atoms with E-state index in [-0.39, 0.29) is 23.8 Å². The molecule has 32 heavy (non-hydrogen) atoms. The first kappa shape index (κ1) is 23.5. The molecule has 2 amide bonds. The van der Waals surface area contributed by atoms with Gasteiger partial charge >= 0.3 is 0 Å². The van der Waals surface area contributed by atoms with Gasteiger partial charge in [0.1, 0.15) is 5.75 Å². The van der Waals surface area contributed by atoms with E-state index in [0.29, 0.717) is 11.7 Å². The van der Waals surface area contributed by atoms with Crippen LogP contribution in [0.4, 0.5) is 5.13 Å². The largest absolute Gasteiger partial charge is 0.483 e. The molecule has 0 aliphatic rings. The van der Waals surface area contributed by atoms with E-state index >= 15 is 0 Å². The predicted molar refractivity (Wildman–Crippen MR) is 129 cm³/mol. The molecule has 0 spiro atoms. The number of aryl methyl sites for hydroxylation is 1. The average Bonchev–Trinajstić information content (AvgIpc) is 3.19. The predicted octanol–water partition coefficient (Wildman–Crippen LogP) is 5.07. The van der Waals surface area contributed by atoms with Crippen molar-refractivity contribution in [1.29, 1.82) is 0 Å². The second-order valence-electron chi connectivity index (χ2n) is 8.73. The molecule has 0 saturated heterocycles. The van der Waals surface area contributed by atoms with Gasteiger partial charge in [-0.05, 0) is 29.5 Å². The van der Waals surface area contributed by atoms with Gasteiger partial charge in [0.25, 0.3) is 5.91 Å². The summed E-state index contributed by atoms with van der Waals surface area (Å²) in [6.07, 6.45) is 0. The number of nitrogens with one attached hydrogen (secondary N) is 2. The summed E-state index contributed by atoms with van der Waals surface area (Å²) in [5.74, 6) is 0.407. The lowest BCUT2D eigenvalue weighted by atomic mass is 9.85. The van der Waals surface area contributed by atoms with Gasteiger partial charge in [0, 0.05) is 24.4 Å². The van der Waals surface area contributed by atoms with Crippen LogP contribution in [0.15, 0.2) is 47.8 Å². The van der Waals surface area contributed by atoms with Crippen LogP contribution in [0.5, 0.6) is 5.75 Å². The molecule has 1 heterocycles. The van der Waals surface area contributed by atoms with Crippen molar-refractivity contribution in [2.45, 2.75) is 46.6 Å². The smallest absolute Gasteiger partial charge is 0.264 e. The number of carbonyl (C=O) groups is 2. The molecule has 0 atom stereocenters. The van der Waals surface area contributed by atoms with E-state index < -0.39 is 0 Å². The Balaban J connectivity index is 1.59. The minimum atomic E-state index is -0.253. The number of benzene rings is 2. The first-order valence-electron chi connectivity index (χ1n) is 10.4. The first-order valence-corrected chi connectivity index (χ1v) is 11.3. The topological polar surface area (TPSA) is 80.3 Å². The Bertz CT molecular complexity index is 1100. The van der Waals surface area contributed by atoms with E-state index in [1.165, 1.54) is 18.3 Å². The Labute approximate surface area is 193 Å². The van der Waals surface area contributed by atoms with E-state index in [1.54, 1.807) is 0 Å². The summed E-state index contributed by atoms with van der Waals surface area (Å²) in [5, 5.41) is 8.01. The van der Waals surface area contributed by atoms with Gasteiger partial charge in [-0.3, -0.25) is 14.9 Å². The van der Waals surface area contributed by atoms with Gasteiger partial charge in [-0.25, -0.2) is 4.98 Å². The molecule has 168 valence electrons. The fraction of sp³-hybridized carbons (Fsp3) is 0.320. The molecule has 7 heteroatoms. The molecule has 1 aromatic heterocycles. The Morgan fingerprint density at radius 3 is 2.47 bits per heavy atom. The maximum atomic E-state index is 12.4. The average molecular weight is 452 g/mol. The maximum Gasteiger partial charge on any atom is 0.264 e. The van der Waals surface area contributed by atoms with Crippen molar-refractivity contribution in [2.24, 2.45) is 0 Å². The molecule has 3 aromatic rings. The normalized spacial score (nSPS) is 11.2. The Hall–Kier alpha value is -3.19. The van der Waals surface area contributed by atoms with Crippen molar-refractivity contribution in [3.8, 4) is 17.0 Å². The van der Waals surface area contributed by atoms with Crippen LogP contribution >= 0.6 is 11.3 Å². The van der Waals surface area contributed by atoms with Crippen LogP contribution in [0.3, 0.4) is 0 Å². The molecular weight excluding hydrogens is 422 g/mol. The minimum Gasteiger partial charge on any atom is -0.483 e. The molecule has 2 aromatic carbocycles. The zero-order valence-corrected chi connectivity index (χ0v) is 19.9. The fourth-order valence-corrected chi connectivity index (χ4v) is 3.87. The zero-order chi connectivity index (χ0) is 23.3. The van der Waals surface area contributed by atoms with Gasteiger partial charge in [0.05, 0.1) is 5.69 Å². The second kappa shape index (κ2) is 9.96. The summed E-state index contributed by atoms with van der Waals surface area (Å²) >= 11 is 1.37. The number of hydrogen-bond donors (Lipinski definition) is 2. The lowest BCUT2D eigenvalue weighted by molar-refractivity contribution is -0.119. The molecule has 0 saturated carbocycles. The Kier molecular flexibility index (Phi) is 7.30. The molecule has 0 aliphatic carbocycles. The highest BCUT2D eigenvalue weighted by Gasteiger charge is 2.20. The zero-order valence-electron chi connectivity index (χ0n) is 19.1. The van der Waals surface area contributed by atoms with Crippen LogP contribution < -0.4 is 15.4 Å². The molecule has 0 fully saturated rings. The number of ether oxygens (including phenoxy) is 1. The maximum absolute atomic E-state index is 12.4. The van der Waals surface area contributed by atoms with Crippen LogP contribution in [0.1, 0.15) is 44.4 Å². The monoisotopic (exact) mass is 451 g/mol. The summed E-state index contributed by atoms with van der Waals surface area (Å²) in [5.41, 5.74) is 4.88. The van der Waals surface area contributed by atoms with Crippen LogP contribution in [-0.4, -0.2) is 23.4 Å². The van der Waals surface area contributed by atoms with Crippen LogP contribution in [-0.2, 0) is 21.5 Å². The van der Waals surface area contributed by atoms with Crippen molar-refractivity contribution >= 4 is 28.3 Å². The summed E-state index contributed by atoms with van der Waals surface area (Å²) < 4.78 is 5.83. The van der Waals surface area contributed by atoms with E-state index in [4.69, 9.17) is 4.74 Å². The third kappa shape index (κ3) is 6.40. The standard InChI is InChI=1S/C25H29N3O3S/c1-16-6-11-22(20(12-16)25(3,4)5)31-14-23(30)28-24-27-21(15-32-24)19-9-7-18(8-10-19)13-26-17(2)29/h6-12,15H,13-14H2,1-5H3,(H,26,29)(H,27,28,30). The second-order valence-corrected chi connectivity index (χ2v) is 9.59. The number of thiazole rings is 1. The summed E-state index contributed by atoms with van der Waals surface area (Å²) in [4.78, 5) is 28.0. The quantitative estimate of drug-likeness (QED) is 0.526. The van der Waals surface area contributed by atoms with Gasteiger partial charge in [-0.2, -0.15) is 0 Å². The molecule has 0 unspecified atom stereocenters. The molecule has 0 aliphatic heterocycles. The molecule has 3 rings (SSSR count). The van der Waals surface area contributed by atoms with E-state index in [9.17, 15) is 9.59 Å². The Morgan fingerprint density at radius 1 is 1.09 bits per heavy atom. The van der Waals surface area contributed by atoms with Crippen LogP contribution in [0.2, 0.25) is 0 Å². The highest BCUT2D eigenvalue weighted by atomic mass is 32.1. The van der Waals surface area contributed by atoms with Crippen LogP contribution in [0.25, 0.3) is 11.3 Å². The van der Waals surface area contributed by atoms with E-state index in [1.807, 2.05) is 48.7 Å². The van der Waals surface area contributed by atoms with Crippen molar-refractivity contribution in [1.82, 2.24) is 10.3 Å². The first-order chi connectivity index (χ1) is 15.1. The summed E-state index contributed by atoms with van der Waals surface area (Å²) in [6, 6.07) is 13.8. The lowest BCUT2D eigenvalue weighted by Gasteiger charge is -2.23. The number of hydrogen-bond acceptors (Lipinski definition) is 5. The third-order valence-electron chi connectivity index (χ3n) is 4.84. The third-order valence-corrected chi connectivity index (χ3v) is 5.60. The number of nitrogens with zero attached hydrogens (tertiary/aromatic N) is 1. The van der Waals surface area contributed by atoms with Gasteiger partial charge in [0.2, 0.25) is 5.91 Å². The Morgan fingerprint density at radius 2 is 1.81 bits per heavy atom. The summed E-state index contributed by atoms with van der Waals surface area (Å²) in [7, 11) is 0. The molecule has 0 radical (unpaired) electrons. The lowest BCUT2D eigenvalue weighted by Crippen LogP contribution is -2.22. The van der Waals surface area contributed by atoms with E-state index in [2.05, 4.69) is 42.5 Å². The number of anilines is 1. The fourth-order valence-electron chi connectivity index (χ4n) is 3.14. The highest BCUT2D eigenvalue weighted by Crippen LogP contribution is 2.32. The van der Waals surface area contributed by atoms with Crippen molar-refractivity contribution in [2.75, 3.05) is 11.9 Å². The minimum absolute atomic E-state index is 0.0602. The number of rotatable bonds is 7. The summed E-state index contributed by atoms with van der Waals surface area (Å²) in [6.45, 7) is 10.3. The van der Waals surface area contributed by atoms with Crippen molar-refractivity contribution in [3.05, 3.63) is 64.5 Å². The molecule has 0 bridgehead atoms. The van der Waals surface area contributed by atoms with Gasteiger partial charge < -0.3 is 10.1 Å². The SMILES string of the molecule is CC(=O)NCc1ccc(-c2csc(NC(=O)COc3ccc(C)cc3C(C)(C)C)n2)cc1. The highest BCUT2D eigenvalue weighted by molar-refractivity contribution is 7.14. The molecule has 2 N–H and O–H groups in total. The molecule has 6 nitrogen and oxygen atoms in total. The van der Waals surface area contributed by atoms with E-state index in [0.717, 1.165) is 33.7 Å². The number of carbonyl (C=O) groups excluding carboxylic acids is 2. The number of amides is 2. The van der Waals surface area contributed by atoms with Gasteiger partial charge in [-0.1, -0.05) is 62.7 Å². The van der Waals surface area contributed by atoms with Crippen LogP contribution in [0, 0.1) is 6.92 Å². The van der Waals surface area contributed by atoms with Crippen molar-refractivity contribution < 1.29 is 14.3 Å². The van der Waals surface area contributed by atoms with Gasteiger partial charge in [0.15, 0.2) is 11.7 Å². The van der Waals surface area contributed by atoms with Crippen molar-refractivity contribution in [3.63, 3.8) is 0 Å². The molecular formula is C25H29N3O3S.